The number of hydrogen-bond acceptors (Lipinski definition) is 5. The SMILES string of the molecule is [2H]c1c([2H])c(-c2ccccc2)c2c(oc3c([2H])c(-c4nc(-c5ccc(-c6ccccc6)cc5)nc(-n5c6c([2H])c([2H])c([2H])c([2H])c6c6c7c(oc8c([2H])c([2H])c([2H])c([2H])c87)c([2H])c([2H])c65)n4)c([2H])c([2H])c32)c1[2H]. The molecule has 4 aromatic heterocycles. The molecule has 6 nitrogen and oxygen atoms in total. The molecule has 0 aliphatic heterocycles. The fourth-order valence-electron chi connectivity index (χ4n) is 7.35. The molecule has 0 radical (unpaired) electrons. The lowest BCUT2D eigenvalue weighted by Gasteiger charge is -2.11. The van der Waals surface area contributed by atoms with Crippen LogP contribution in [0.1, 0.15) is 21.9 Å². The van der Waals surface area contributed by atoms with Crippen LogP contribution in [0.2, 0.25) is 0 Å². The predicted octanol–water partition coefficient (Wildman–Crippen LogP) is 13.4. The summed E-state index contributed by atoms with van der Waals surface area (Å²) in [7, 11) is 0. The molecule has 12 rings (SSSR count). The molecule has 0 fully saturated rings. The van der Waals surface area contributed by atoms with Crippen LogP contribution in [0.4, 0.5) is 0 Å². The first-order valence-electron chi connectivity index (χ1n) is 25.7. The molecule has 0 bridgehead atoms. The lowest BCUT2D eigenvalue weighted by Crippen LogP contribution is -2.06. The summed E-state index contributed by atoms with van der Waals surface area (Å²) >= 11 is 0. The Morgan fingerprint density at radius 3 is 1.86 bits per heavy atom. The fraction of sp³-hybridized carbons (Fsp3) is 0. The molecule has 0 unspecified atom stereocenters. The molecule has 266 valence electrons. The minimum atomic E-state index is -0.702. The summed E-state index contributed by atoms with van der Waals surface area (Å²) in [5, 5.41) is -0.701. The first kappa shape index (κ1) is 19.7. The summed E-state index contributed by atoms with van der Waals surface area (Å²) in [6, 6.07) is 15.9. The molecular weight excluding hydrogens is 701 g/mol. The molecule has 0 saturated heterocycles. The van der Waals surface area contributed by atoms with E-state index in [-0.39, 0.29) is 88.7 Å². The van der Waals surface area contributed by atoms with Crippen molar-refractivity contribution >= 4 is 65.7 Å². The van der Waals surface area contributed by atoms with Crippen molar-refractivity contribution in [3.05, 3.63) is 182 Å². The zero-order valence-corrected chi connectivity index (χ0v) is 29.2. The quantitative estimate of drug-likeness (QED) is 0.175. The van der Waals surface area contributed by atoms with Crippen molar-refractivity contribution < 1.29 is 30.8 Å². The van der Waals surface area contributed by atoms with Gasteiger partial charge in [0.05, 0.1) is 33.0 Å². The lowest BCUT2D eigenvalue weighted by atomic mass is 9.99. The van der Waals surface area contributed by atoms with Gasteiger partial charge in [-0.05, 0) is 64.6 Å². The van der Waals surface area contributed by atoms with Crippen molar-refractivity contribution in [3.63, 3.8) is 0 Å². The number of fused-ring (bicyclic) bond motifs is 10. The number of nitrogens with zero attached hydrogens (tertiary/aromatic N) is 4. The molecule has 12 aromatic rings. The van der Waals surface area contributed by atoms with E-state index < -0.39 is 102 Å². The number of para-hydroxylation sites is 2. The summed E-state index contributed by atoms with van der Waals surface area (Å²) in [6.45, 7) is 0. The van der Waals surface area contributed by atoms with Crippen LogP contribution in [0.5, 0.6) is 0 Å². The summed E-state index contributed by atoms with van der Waals surface area (Å²) < 4.78 is 158. The Hall–Kier alpha value is -7.83. The Morgan fingerprint density at radius 1 is 0.404 bits per heavy atom. The van der Waals surface area contributed by atoms with Gasteiger partial charge in [-0.3, -0.25) is 4.57 Å². The molecule has 0 amide bonds. The third kappa shape index (κ3) is 4.94. The summed E-state index contributed by atoms with van der Waals surface area (Å²) in [6.07, 6.45) is 0. The van der Waals surface area contributed by atoms with Crippen molar-refractivity contribution in [2.45, 2.75) is 0 Å². The average Bonchev–Trinajstić information content (AvgIpc) is 4.12. The van der Waals surface area contributed by atoms with E-state index in [4.69, 9.17) is 36.1 Å². The van der Waals surface area contributed by atoms with Gasteiger partial charge in [0.25, 0.3) is 0 Å². The third-order valence-electron chi connectivity index (χ3n) is 9.91. The van der Waals surface area contributed by atoms with Gasteiger partial charge in [-0.2, -0.15) is 9.97 Å². The molecular formula is C51H30N4O2. The van der Waals surface area contributed by atoms with Gasteiger partial charge >= 0.3 is 0 Å². The summed E-state index contributed by atoms with van der Waals surface area (Å²) in [4.78, 5) is 14.4. The molecule has 0 atom stereocenters. The van der Waals surface area contributed by atoms with E-state index in [0.29, 0.717) is 11.1 Å². The molecule has 0 aliphatic rings. The summed E-state index contributed by atoms with van der Waals surface area (Å²) in [5.74, 6) is -0.955. The van der Waals surface area contributed by atoms with E-state index in [0.717, 1.165) is 15.7 Å². The molecule has 0 saturated carbocycles. The standard InChI is InChI=1S/C51H30N4O2/c1-3-12-31(13-4-1)32-22-24-34(25-23-32)49-52-50(35-26-27-39-45(30-35)57-43-21-11-18-36(46(39)43)33-14-5-2-6-15-33)54-51(53-49)55-40-19-9-7-16-37(40)47-41(55)28-29-44-48(47)38-17-8-10-20-42(38)56-44/h1-30H/i7D,8D,9D,10D,11D,16D,17D,18D,19D,20D,21D,26D,27D,28D,29D,30D. The molecule has 57 heavy (non-hydrogen) atoms. The number of furan rings is 2. The average molecular weight is 747 g/mol. The highest BCUT2D eigenvalue weighted by Crippen LogP contribution is 2.42. The Morgan fingerprint density at radius 2 is 1.04 bits per heavy atom. The number of rotatable bonds is 5. The third-order valence-corrected chi connectivity index (χ3v) is 9.91. The summed E-state index contributed by atoms with van der Waals surface area (Å²) in [5.41, 5.74) is 0.556. The van der Waals surface area contributed by atoms with Crippen molar-refractivity contribution in [1.82, 2.24) is 19.5 Å². The number of hydrogen-bond donors (Lipinski definition) is 0. The molecule has 4 heterocycles. The molecule has 0 spiro atoms. The van der Waals surface area contributed by atoms with Gasteiger partial charge < -0.3 is 8.83 Å². The Bertz CT molecular complexity index is 4440. The molecule has 0 aliphatic carbocycles. The molecule has 0 N–H and O–H groups in total. The number of aromatic nitrogens is 4. The van der Waals surface area contributed by atoms with Gasteiger partial charge in [0.15, 0.2) is 11.6 Å². The van der Waals surface area contributed by atoms with Crippen molar-refractivity contribution in [1.29, 1.82) is 0 Å². The first-order chi connectivity index (χ1) is 34.9. The maximum absolute atomic E-state index is 9.71. The van der Waals surface area contributed by atoms with Crippen LogP contribution in [0.25, 0.3) is 117 Å². The molecule has 8 aromatic carbocycles. The van der Waals surface area contributed by atoms with Gasteiger partial charge in [0, 0.05) is 43.4 Å². The second-order valence-corrected chi connectivity index (χ2v) is 13.1. The van der Waals surface area contributed by atoms with E-state index >= 15 is 0 Å². The maximum Gasteiger partial charge on any atom is 0.238 e. The van der Waals surface area contributed by atoms with E-state index in [1.54, 1.807) is 54.6 Å². The predicted molar refractivity (Wildman–Crippen MR) is 230 cm³/mol. The van der Waals surface area contributed by atoms with Gasteiger partial charge in [-0.15, -0.1) is 0 Å². The van der Waals surface area contributed by atoms with Crippen LogP contribution in [0, 0.1) is 0 Å². The second-order valence-electron chi connectivity index (χ2n) is 13.1. The Balaban J connectivity index is 1.23. The zero-order valence-electron chi connectivity index (χ0n) is 45.2. The van der Waals surface area contributed by atoms with E-state index in [1.165, 1.54) is 0 Å². The van der Waals surface area contributed by atoms with Crippen molar-refractivity contribution in [2.75, 3.05) is 0 Å². The molecule has 6 heteroatoms. The minimum Gasteiger partial charge on any atom is -0.456 e. The van der Waals surface area contributed by atoms with E-state index in [1.807, 2.05) is 30.3 Å². The van der Waals surface area contributed by atoms with Crippen LogP contribution in [0.15, 0.2) is 190 Å². The van der Waals surface area contributed by atoms with Crippen LogP contribution < -0.4 is 0 Å². The van der Waals surface area contributed by atoms with Crippen molar-refractivity contribution in [2.24, 2.45) is 0 Å². The highest BCUT2D eigenvalue weighted by molar-refractivity contribution is 6.27. The fourth-order valence-corrected chi connectivity index (χ4v) is 7.35. The Kier molecular flexibility index (Phi) is 4.26. The Labute approximate surface area is 348 Å². The number of benzene rings is 8. The van der Waals surface area contributed by atoms with Crippen LogP contribution in [-0.4, -0.2) is 19.5 Å². The maximum atomic E-state index is 9.71. The van der Waals surface area contributed by atoms with E-state index in [2.05, 4.69) is 0 Å². The van der Waals surface area contributed by atoms with Gasteiger partial charge in [0.2, 0.25) is 5.95 Å². The lowest BCUT2D eigenvalue weighted by molar-refractivity contribution is 0.669. The topological polar surface area (TPSA) is 69.9 Å². The second kappa shape index (κ2) is 12.3. The van der Waals surface area contributed by atoms with Gasteiger partial charge in [-0.1, -0.05) is 139 Å². The van der Waals surface area contributed by atoms with Crippen molar-refractivity contribution in [3.8, 4) is 51.0 Å². The highest BCUT2D eigenvalue weighted by Gasteiger charge is 2.22. The van der Waals surface area contributed by atoms with Crippen LogP contribution >= 0.6 is 0 Å². The first-order valence-corrected chi connectivity index (χ1v) is 17.7. The smallest absolute Gasteiger partial charge is 0.238 e. The van der Waals surface area contributed by atoms with Crippen LogP contribution in [-0.2, 0) is 0 Å². The van der Waals surface area contributed by atoms with Gasteiger partial charge in [0.1, 0.15) is 22.3 Å². The van der Waals surface area contributed by atoms with Crippen LogP contribution in [0.3, 0.4) is 0 Å². The highest BCUT2D eigenvalue weighted by atomic mass is 16.3. The largest absolute Gasteiger partial charge is 0.456 e. The zero-order chi connectivity index (χ0) is 51.4. The monoisotopic (exact) mass is 746 g/mol. The minimum absolute atomic E-state index is 0.0739. The van der Waals surface area contributed by atoms with Gasteiger partial charge in [-0.25, -0.2) is 4.98 Å². The normalized spacial score (nSPS) is 15.8. The van der Waals surface area contributed by atoms with E-state index in [9.17, 15) is 9.60 Å².